The number of rotatable bonds is 6. The van der Waals surface area contributed by atoms with E-state index in [9.17, 15) is 14.0 Å². The summed E-state index contributed by atoms with van der Waals surface area (Å²) in [6, 6.07) is 13.5. The second-order valence-electron chi connectivity index (χ2n) is 8.38. The molecule has 2 aromatic rings. The molecule has 7 heteroatoms. The van der Waals surface area contributed by atoms with E-state index in [0.717, 1.165) is 19.3 Å². The van der Waals surface area contributed by atoms with Gasteiger partial charge in [-0.3, -0.25) is 9.59 Å². The number of carbonyl (C=O) groups excluding carboxylic acids is 2. The van der Waals surface area contributed by atoms with E-state index in [4.69, 9.17) is 9.47 Å². The maximum absolute atomic E-state index is 14.6. The summed E-state index contributed by atoms with van der Waals surface area (Å²) in [5, 5.41) is 2.97. The quantitative estimate of drug-likeness (QED) is 0.740. The zero-order valence-electron chi connectivity index (χ0n) is 18.1. The topological polar surface area (TPSA) is 67.9 Å². The first-order valence-electron chi connectivity index (χ1n) is 11.2. The zero-order valence-corrected chi connectivity index (χ0v) is 18.1. The summed E-state index contributed by atoms with van der Waals surface area (Å²) in [5.41, 5.74) is 0.227. The molecule has 1 N–H and O–H groups in total. The number of nitrogens with one attached hydrogen (secondary N) is 1. The van der Waals surface area contributed by atoms with Crippen LogP contribution in [0, 0.1) is 5.82 Å². The van der Waals surface area contributed by atoms with Crippen LogP contribution in [0.15, 0.2) is 48.5 Å². The van der Waals surface area contributed by atoms with E-state index in [1.165, 1.54) is 6.07 Å². The number of carbonyl (C=O) groups is 2. The number of ether oxygens (including phenoxy) is 2. The highest BCUT2D eigenvalue weighted by molar-refractivity contribution is 5.99. The number of hydrogen-bond donors (Lipinski definition) is 1. The Morgan fingerprint density at radius 1 is 1.00 bits per heavy atom. The van der Waals surface area contributed by atoms with E-state index in [0.29, 0.717) is 56.1 Å². The first-order valence-corrected chi connectivity index (χ1v) is 11.2. The van der Waals surface area contributed by atoms with E-state index < -0.39 is 5.41 Å². The first-order chi connectivity index (χ1) is 15.6. The van der Waals surface area contributed by atoms with Crippen LogP contribution in [0.25, 0.3) is 0 Å². The number of amides is 2. The zero-order chi connectivity index (χ0) is 22.4. The number of hydrogen-bond acceptors (Lipinski definition) is 4. The van der Waals surface area contributed by atoms with Gasteiger partial charge in [-0.25, -0.2) is 4.39 Å². The Morgan fingerprint density at radius 2 is 1.69 bits per heavy atom. The largest absolute Gasteiger partial charge is 0.484 e. The summed E-state index contributed by atoms with van der Waals surface area (Å²) in [4.78, 5) is 27.3. The Kier molecular flexibility index (Phi) is 7.05. The van der Waals surface area contributed by atoms with E-state index in [1.54, 1.807) is 47.4 Å². The maximum atomic E-state index is 14.6. The van der Waals surface area contributed by atoms with Crippen LogP contribution in [0.5, 0.6) is 5.75 Å². The minimum Gasteiger partial charge on any atom is -0.484 e. The van der Waals surface area contributed by atoms with Gasteiger partial charge in [-0.1, -0.05) is 37.5 Å². The average Bonchev–Trinajstić information content (AvgIpc) is 2.84. The number of nitrogens with zero attached hydrogens (tertiary/aromatic N) is 1. The smallest absolute Gasteiger partial charge is 0.260 e. The normalized spacial score (nSPS) is 18.1. The minimum atomic E-state index is -0.858. The lowest BCUT2D eigenvalue weighted by atomic mass is 9.68. The van der Waals surface area contributed by atoms with E-state index in [1.807, 2.05) is 0 Å². The van der Waals surface area contributed by atoms with Crippen molar-refractivity contribution in [2.45, 2.75) is 37.5 Å². The van der Waals surface area contributed by atoms with Crippen molar-refractivity contribution in [3.05, 3.63) is 59.9 Å². The van der Waals surface area contributed by atoms with Gasteiger partial charge in [-0.05, 0) is 43.2 Å². The molecule has 0 aromatic heterocycles. The van der Waals surface area contributed by atoms with Gasteiger partial charge in [0, 0.05) is 24.3 Å². The molecule has 0 bridgehead atoms. The number of anilines is 1. The summed E-state index contributed by atoms with van der Waals surface area (Å²) in [6.07, 6.45) is 4.10. The van der Waals surface area contributed by atoms with Gasteiger partial charge >= 0.3 is 0 Å². The molecule has 32 heavy (non-hydrogen) atoms. The van der Waals surface area contributed by atoms with Crippen LogP contribution in [-0.2, 0) is 19.7 Å². The molecule has 2 aromatic carbocycles. The van der Waals surface area contributed by atoms with Gasteiger partial charge in [0.05, 0.1) is 18.6 Å². The van der Waals surface area contributed by atoms with Crippen molar-refractivity contribution in [3.8, 4) is 5.75 Å². The van der Waals surface area contributed by atoms with Gasteiger partial charge in [-0.15, -0.1) is 0 Å². The highest BCUT2D eigenvalue weighted by Gasteiger charge is 2.42. The highest BCUT2D eigenvalue weighted by Crippen LogP contribution is 2.41. The molecule has 0 unspecified atom stereocenters. The number of benzene rings is 2. The van der Waals surface area contributed by atoms with Crippen LogP contribution in [0.2, 0.25) is 0 Å². The Labute approximate surface area is 187 Å². The third-order valence-corrected chi connectivity index (χ3v) is 6.37. The van der Waals surface area contributed by atoms with Crippen molar-refractivity contribution in [1.29, 1.82) is 0 Å². The lowest BCUT2D eigenvalue weighted by molar-refractivity contribution is -0.137. The standard InChI is InChI=1S/C25H29FN2O4/c26-22-7-3-2-6-21(22)25(12-4-1-5-13-25)24(30)27-19-8-10-20(11-9-19)32-18-23(29)28-14-16-31-17-15-28/h2-3,6-11H,1,4-5,12-18H2,(H,27,30). The van der Waals surface area contributed by atoms with Crippen LogP contribution in [0.3, 0.4) is 0 Å². The fraction of sp³-hybridized carbons (Fsp3) is 0.440. The Balaban J connectivity index is 1.40. The van der Waals surface area contributed by atoms with Crippen LogP contribution in [0.4, 0.5) is 10.1 Å². The molecule has 0 radical (unpaired) electrons. The monoisotopic (exact) mass is 440 g/mol. The van der Waals surface area contributed by atoms with Crippen molar-refractivity contribution < 1.29 is 23.5 Å². The molecule has 0 atom stereocenters. The number of halogens is 1. The summed E-state index contributed by atoms with van der Waals surface area (Å²) in [7, 11) is 0. The minimum absolute atomic E-state index is 0.0396. The molecule has 2 fully saturated rings. The van der Waals surface area contributed by atoms with Gasteiger partial charge in [0.15, 0.2) is 6.61 Å². The van der Waals surface area contributed by atoms with E-state index >= 15 is 0 Å². The van der Waals surface area contributed by atoms with Crippen LogP contribution in [0.1, 0.15) is 37.7 Å². The molecule has 1 saturated heterocycles. The third-order valence-electron chi connectivity index (χ3n) is 6.37. The molecule has 6 nitrogen and oxygen atoms in total. The van der Waals surface area contributed by atoms with Crippen molar-refractivity contribution >= 4 is 17.5 Å². The summed E-state index contributed by atoms with van der Waals surface area (Å²) >= 11 is 0. The molecule has 2 amide bonds. The second-order valence-corrected chi connectivity index (χ2v) is 8.38. The lowest BCUT2D eigenvalue weighted by Crippen LogP contribution is -2.43. The van der Waals surface area contributed by atoms with Gasteiger partial charge in [0.25, 0.3) is 5.91 Å². The Hall–Kier alpha value is -2.93. The predicted molar refractivity (Wildman–Crippen MR) is 119 cm³/mol. The van der Waals surface area contributed by atoms with Gasteiger partial charge < -0.3 is 19.7 Å². The molecule has 0 spiro atoms. The predicted octanol–water partition coefficient (Wildman–Crippen LogP) is 3.90. The molecular formula is C25H29FN2O4. The van der Waals surface area contributed by atoms with Gasteiger partial charge in [-0.2, -0.15) is 0 Å². The van der Waals surface area contributed by atoms with Crippen molar-refractivity contribution in [1.82, 2.24) is 4.90 Å². The van der Waals surface area contributed by atoms with Crippen LogP contribution in [-0.4, -0.2) is 49.6 Å². The average molecular weight is 441 g/mol. The van der Waals surface area contributed by atoms with Crippen molar-refractivity contribution in [2.24, 2.45) is 0 Å². The molecule has 170 valence electrons. The molecule has 4 rings (SSSR count). The van der Waals surface area contributed by atoms with E-state index in [2.05, 4.69) is 5.32 Å². The fourth-order valence-corrected chi connectivity index (χ4v) is 4.56. The first kappa shape index (κ1) is 22.3. The van der Waals surface area contributed by atoms with Crippen LogP contribution < -0.4 is 10.1 Å². The summed E-state index contributed by atoms with van der Waals surface area (Å²) in [5.74, 6) is -0.0439. The molecule has 1 aliphatic heterocycles. The van der Waals surface area contributed by atoms with Crippen molar-refractivity contribution in [2.75, 3.05) is 38.2 Å². The Bertz CT molecular complexity index is 935. The van der Waals surface area contributed by atoms with Crippen molar-refractivity contribution in [3.63, 3.8) is 0 Å². The van der Waals surface area contributed by atoms with Gasteiger partial charge in [0.2, 0.25) is 5.91 Å². The molecule has 1 aliphatic carbocycles. The van der Waals surface area contributed by atoms with E-state index in [-0.39, 0.29) is 24.2 Å². The summed E-state index contributed by atoms with van der Waals surface area (Å²) < 4.78 is 25.5. The lowest BCUT2D eigenvalue weighted by Gasteiger charge is -2.36. The molecule has 2 aliphatic rings. The fourth-order valence-electron chi connectivity index (χ4n) is 4.56. The Morgan fingerprint density at radius 3 is 2.38 bits per heavy atom. The molecule has 1 saturated carbocycles. The second kappa shape index (κ2) is 10.1. The molecule has 1 heterocycles. The maximum Gasteiger partial charge on any atom is 0.260 e. The SMILES string of the molecule is O=C(COc1ccc(NC(=O)C2(c3ccccc3F)CCCCC2)cc1)N1CCOCC1. The summed E-state index contributed by atoms with van der Waals surface area (Å²) in [6.45, 7) is 2.22. The third kappa shape index (κ3) is 4.93. The highest BCUT2D eigenvalue weighted by atomic mass is 19.1. The van der Waals surface area contributed by atoms with Gasteiger partial charge in [0.1, 0.15) is 11.6 Å². The number of morpholine rings is 1. The molecular weight excluding hydrogens is 411 g/mol. The van der Waals surface area contributed by atoms with Crippen LogP contribution >= 0.6 is 0 Å².